The van der Waals surface area contributed by atoms with Crippen molar-refractivity contribution in [1.29, 1.82) is 0 Å². The molecule has 1 amide bonds. The molecule has 5 nitrogen and oxygen atoms in total. The highest BCUT2D eigenvalue weighted by molar-refractivity contribution is 5.89. The largest absolute Gasteiger partial charge is 0.342 e. The van der Waals surface area contributed by atoms with Gasteiger partial charge in [0.1, 0.15) is 18.0 Å². The predicted octanol–water partition coefficient (Wildman–Crippen LogP) is 2.78. The Hall–Kier alpha value is -2.24. The van der Waals surface area contributed by atoms with Gasteiger partial charge in [-0.15, -0.1) is 10.2 Å². The number of aryl methyl sites for hydroxylation is 1. The summed E-state index contributed by atoms with van der Waals surface area (Å²) < 4.78 is 15.6. The normalized spacial score (nSPS) is 20.3. The van der Waals surface area contributed by atoms with Crippen molar-refractivity contribution in [3.05, 3.63) is 47.8 Å². The molecular weight excluding hydrogens is 319 g/mol. The molecule has 0 unspecified atom stereocenters. The Kier molecular flexibility index (Phi) is 4.06. The van der Waals surface area contributed by atoms with Crippen molar-refractivity contribution < 1.29 is 9.18 Å². The smallest absolute Gasteiger partial charge is 0.233 e. The van der Waals surface area contributed by atoms with E-state index in [1.54, 1.807) is 12.4 Å². The van der Waals surface area contributed by atoms with Crippen molar-refractivity contribution in [3.63, 3.8) is 0 Å². The molecule has 0 atom stereocenters. The molecule has 1 saturated carbocycles. The zero-order valence-corrected chi connectivity index (χ0v) is 14.5. The van der Waals surface area contributed by atoms with Gasteiger partial charge in [0.05, 0.1) is 5.41 Å². The first-order valence-corrected chi connectivity index (χ1v) is 8.99. The van der Waals surface area contributed by atoms with Crippen molar-refractivity contribution in [3.8, 4) is 0 Å². The summed E-state index contributed by atoms with van der Waals surface area (Å²) in [5, 5.41) is 8.17. The number of amides is 1. The molecule has 1 saturated heterocycles. The third-order valence-corrected chi connectivity index (χ3v) is 5.89. The van der Waals surface area contributed by atoms with E-state index in [9.17, 15) is 9.18 Å². The van der Waals surface area contributed by atoms with Gasteiger partial charge < -0.3 is 9.47 Å². The number of aromatic nitrogens is 3. The fourth-order valence-corrected chi connectivity index (χ4v) is 4.25. The molecule has 0 bridgehead atoms. The zero-order valence-electron chi connectivity index (χ0n) is 14.5. The highest BCUT2D eigenvalue weighted by Crippen LogP contribution is 2.46. The van der Waals surface area contributed by atoms with Gasteiger partial charge in [-0.05, 0) is 43.4 Å². The highest BCUT2D eigenvalue weighted by atomic mass is 19.1. The fraction of sp³-hybridized carbons (Fsp3) is 0.526. The first-order valence-electron chi connectivity index (χ1n) is 8.99. The number of likely N-dealkylation sites (tertiary alicyclic amines) is 1. The molecule has 4 rings (SSSR count). The molecule has 25 heavy (non-hydrogen) atoms. The number of carbonyl (C=O) groups is 1. The number of nitrogens with zero attached hydrogens (tertiary/aromatic N) is 4. The van der Waals surface area contributed by atoms with E-state index in [4.69, 9.17) is 0 Å². The van der Waals surface area contributed by atoms with Gasteiger partial charge in [0.2, 0.25) is 5.91 Å². The van der Waals surface area contributed by atoms with Crippen LogP contribution in [-0.2, 0) is 17.3 Å². The van der Waals surface area contributed by atoms with Gasteiger partial charge in [-0.1, -0.05) is 18.6 Å². The molecule has 1 aliphatic carbocycles. The topological polar surface area (TPSA) is 51.0 Å². The Morgan fingerprint density at radius 2 is 2.04 bits per heavy atom. The molecule has 0 radical (unpaired) electrons. The third-order valence-electron chi connectivity index (χ3n) is 5.89. The van der Waals surface area contributed by atoms with Gasteiger partial charge in [-0.3, -0.25) is 4.79 Å². The summed E-state index contributed by atoms with van der Waals surface area (Å²) in [7, 11) is 1.96. The van der Waals surface area contributed by atoms with Crippen LogP contribution in [0.2, 0.25) is 0 Å². The molecule has 2 aliphatic rings. The van der Waals surface area contributed by atoms with Crippen LogP contribution in [0.25, 0.3) is 0 Å². The SMILES string of the molecule is Cn1cnnc1C1CCN(C(=O)C2(c3cccc(F)c3)CCC2)CC1. The maximum Gasteiger partial charge on any atom is 0.233 e. The molecular formula is C19H23FN4O. The van der Waals surface area contributed by atoms with Crippen LogP contribution in [-0.4, -0.2) is 38.7 Å². The van der Waals surface area contributed by atoms with E-state index < -0.39 is 5.41 Å². The molecule has 1 aromatic carbocycles. The lowest BCUT2D eigenvalue weighted by atomic mass is 9.63. The fourth-order valence-electron chi connectivity index (χ4n) is 4.25. The third kappa shape index (κ3) is 2.73. The monoisotopic (exact) mass is 342 g/mol. The molecule has 2 fully saturated rings. The number of rotatable bonds is 3. The van der Waals surface area contributed by atoms with Crippen molar-refractivity contribution in [2.24, 2.45) is 7.05 Å². The van der Waals surface area contributed by atoms with Gasteiger partial charge in [0, 0.05) is 26.1 Å². The lowest BCUT2D eigenvalue weighted by molar-refractivity contribution is -0.142. The number of benzene rings is 1. The van der Waals surface area contributed by atoms with Crippen molar-refractivity contribution >= 4 is 5.91 Å². The first kappa shape index (κ1) is 16.2. The van der Waals surface area contributed by atoms with Crippen LogP contribution in [0.4, 0.5) is 4.39 Å². The van der Waals surface area contributed by atoms with Gasteiger partial charge in [-0.25, -0.2) is 4.39 Å². The number of hydrogen-bond acceptors (Lipinski definition) is 3. The van der Waals surface area contributed by atoms with Gasteiger partial charge in [0.25, 0.3) is 0 Å². The maximum atomic E-state index is 13.7. The molecule has 0 spiro atoms. The molecule has 2 heterocycles. The number of halogens is 1. The van der Waals surface area contributed by atoms with E-state index >= 15 is 0 Å². The van der Waals surface area contributed by atoms with Crippen LogP contribution in [0.3, 0.4) is 0 Å². The lowest BCUT2D eigenvalue weighted by Gasteiger charge is -2.45. The van der Waals surface area contributed by atoms with E-state index in [1.165, 1.54) is 12.1 Å². The molecule has 1 aliphatic heterocycles. The molecule has 2 aromatic rings. The van der Waals surface area contributed by atoms with Gasteiger partial charge >= 0.3 is 0 Å². The molecule has 6 heteroatoms. The van der Waals surface area contributed by atoms with Gasteiger partial charge in [-0.2, -0.15) is 0 Å². The lowest BCUT2D eigenvalue weighted by Crippen LogP contribution is -2.53. The second kappa shape index (κ2) is 6.24. The van der Waals surface area contributed by atoms with E-state index in [0.717, 1.165) is 56.6 Å². The second-order valence-corrected chi connectivity index (χ2v) is 7.31. The van der Waals surface area contributed by atoms with Crippen LogP contribution in [0.1, 0.15) is 49.4 Å². The predicted molar refractivity (Wildman–Crippen MR) is 91.5 cm³/mol. The van der Waals surface area contributed by atoms with Crippen LogP contribution < -0.4 is 0 Å². The summed E-state index contributed by atoms with van der Waals surface area (Å²) in [5.74, 6) is 1.25. The van der Waals surface area contributed by atoms with E-state index in [0.29, 0.717) is 5.92 Å². The summed E-state index contributed by atoms with van der Waals surface area (Å²) in [6.45, 7) is 1.46. The second-order valence-electron chi connectivity index (χ2n) is 7.31. The minimum absolute atomic E-state index is 0.167. The summed E-state index contributed by atoms with van der Waals surface area (Å²) in [6.07, 6.45) is 6.18. The van der Waals surface area contributed by atoms with Crippen molar-refractivity contribution in [1.82, 2.24) is 19.7 Å². The Morgan fingerprint density at radius 3 is 2.60 bits per heavy atom. The highest BCUT2D eigenvalue weighted by Gasteiger charge is 2.48. The van der Waals surface area contributed by atoms with Crippen molar-refractivity contribution in [2.45, 2.75) is 43.4 Å². The van der Waals surface area contributed by atoms with E-state index in [-0.39, 0.29) is 11.7 Å². The Morgan fingerprint density at radius 1 is 1.28 bits per heavy atom. The number of piperidine rings is 1. The Labute approximate surface area is 146 Å². The van der Waals surface area contributed by atoms with Gasteiger partial charge in [0.15, 0.2) is 0 Å². The first-order chi connectivity index (χ1) is 12.1. The van der Waals surface area contributed by atoms with Crippen LogP contribution in [0.5, 0.6) is 0 Å². The summed E-state index contributed by atoms with van der Waals surface area (Å²) in [6, 6.07) is 6.57. The maximum absolute atomic E-state index is 13.7. The number of carbonyl (C=O) groups excluding carboxylic acids is 1. The van der Waals surface area contributed by atoms with Crippen LogP contribution in [0.15, 0.2) is 30.6 Å². The molecule has 132 valence electrons. The average molecular weight is 342 g/mol. The Bertz CT molecular complexity index is 775. The van der Waals surface area contributed by atoms with E-state index in [2.05, 4.69) is 10.2 Å². The molecule has 0 N–H and O–H groups in total. The summed E-state index contributed by atoms with van der Waals surface area (Å²) in [5.41, 5.74) is 0.318. The molecule has 1 aromatic heterocycles. The van der Waals surface area contributed by atoms with Crippen LogP contribution in [0, 0.1) is 5.82 Å². The average Bonchev–Trinajstić information content (AvgIpc) is 3.00. The summed E-state index contributed by atoms with van der Waals surface area (Å²) in [4.78, 5) is 15.2. The van der Waals surface area contributed by atoms with Crippen molar-refractivity contribution in [2.75, 3.05) is 13.1 Å². The standard InChI is InChI=1S/C19H23FN4O/c1-23-13-21-22-17(23)14-6-10-24(11-7-14)18(25)19(8-3-9-19)15-4-2-5-16(20)12-15/h2,4-5,12-14H,3,6-11H2,1H3. The minimum Gasteiger partial charge on any atom is -0.342 e. The summed E-state index contributed by atoms with van der Waals surface area (Å²) >= 11 is 0. The zero-order chi connectivity index (χ0) is 17.4. The Balaban J connectivity index is 1.49. The number of hydrogen-bond donors (Lipinski definition) is 0. The van der Waals surface area contributed by atoms with E-state index in [1.807, 2.05) is 22.6 Å². The quantitative estimate of drug-likeness (QED) is 0.862. The van der Waals surface area contributed by atoms with Crippen LogP contribution >= 0.6 is 0 Å². The minimum atomic E-state index is -0.514.